The van der Waals surface area contributed by atoms with Crippen LogP contribution in [0.2, 0.25) is 0 Å². The topological polar surface area (TPSA) is 151 Å². The molecule has 0 aromatic rings. The van der Waals surface area contributed by atoms with Gasteiger partial charge in [0, 0.05) is 5.75 Å². The summed E-state index contributed by atoms with van der Waals surface area (Å²) in [6.07, 6.45) is 4.31. The molecule has 9 nitrogen and oxygen atoms in total. The molecule has 30 heavy (non-hydrogen) atoms. The number of nitrogens with one attached hydrogen (secondary N) is 3. The summed E-state index contributed by atoms with van der Waals surface area (Å²) in [4.78, 5) is 49.0. The molecule has 4 unspecified atom stereocenters. The van der Waals surface area contributed by atoms with Gasteiger partial charge < -0.3 is 26.8 Å². The van der Waals surface area contributed by atoms with E-state index in [4.69, 9.17) is 5.73 Å². The van der Waals surface area contributed by atoms with Crippen LogP contribution in [0.25, 0.3) is 0 Å². The maximum atomic E-state index is 12.8. The monoisotopic (exact) mass is 482 g/mol. The number of carbonyl (C=O) groups excluding carboxylic acids is 3. The number of carboxylic acid groups (broad SMARTS) is 1. The van der Waals surface area contributed by atoms with Gasteiger partial charge in [-0.2, -0.15) is 36.2 Å². The molecule has 0 aliphatic rings. The summed E-state index contributed by atoms with van der Waals surface area (Å²) in [5, 5.41) is 17.1. The Morgan fingerprint density at radius 2 is 1.40 bits per heavy atom. The molecule has 0 aromatic heterocycles. The number of nitrogens with two attached hydrogens (primary N) is 1. The van der Waals surface area contributed by atoms with E-state index in [-0.39, 0.29) is 18.1 Å². The van der Waals surface area contributed by atoms with Gasteiger partial charge in [0.2, 0.25) is 17.7 Å². The number of thioether (sulfide) groups is 2. The Labute approximate surface area is 192 Å². The van der Waals surface area contributed by atoms with Crippen LogP contribution in [0, 0.1) is 5.92 Å². The van der Waals surface area contributed by atoms with E-state index in [0.717, 1.165) is 0 Å². The van der Waals surface area contributed by atoms with Crippen LogP contribution in [-0.4, -0.2) is 82.7 Å². The van der Waals surface area contributed by atoms with Crippen molar-refractivity contribution in [1.29, 1.82) is 0 Å². The second-order valence-corrected chi connectivity index (χ2v) is 9.38. The molecule has 12 heteroatoms. The number of aliphatic carboxylic acids is 1. The maximum absolute atomic E-state index is 12.8. The Bertz CT molecular complexity index is 580. The first-order chi connectivity index (χ1) is 14.1. The molecular formula is C18H34N4O5S3. The van der Waals surface area contributed by atoms with Crippen LogP contribution >= 0.6 is 36.2 Å². The predicted octanol–water partition coefficient (Wildman–Crippen LogP) is -0.0553. The minimum atomic E-state index is -1.12. The van der Waals surface area contributed by atoms with Crippen LogP contribution in [0.15, 0.2) is 0 Å². The van der Waals surface area contributed by atoms with Gasteiger partial charge in [0.25, 0.3) is 0 Å². The first-order valence-corrected chi connectivity index (χ1v) is 13.0. The van der Waals surface area contributed by atoms with Crippen LogP contribution in [0.4, 0.5) is 0 Å². The van der Waals surface area contributed by atoms with Gasteiger partial charge in [-0.25, -0.2) is 4.79 Å². The third-order valence-electron chi connectivity index (χ3n) is 4.25. The highest BCUT2D eigenvalue weighted by Crippen LogP contribution is 2.08. The van der Waals surface area contributed by atoms with Gasteiger partial charge in [0.15, 0.2) is 0 Å². The SMILES string of the molecule is CSCCC(NC(=O)C(CCSC)NC(=O)C(NC(=O)C(N)CS)C(C)C)C(=O)O. The van der Waals surface area contributed by atoms with Crippen LogP contribution in [0.1, 0.15) is 26.7 Å². The highest BCUT2D eigenvalue weighted by atomic mass is 32.2. The molecule has 0 spiro atoms. The smallest absolute Gasteiger partial charge is 0.326 e. The van der Waals surface area contributed by atoms with E-state index in [9.17, 15) is 24.3 Å². The Hall–Kier alpha value is -1.11. The number of hydrogen-bond donors (Lipinski definition) is 6. The number of hydrogen-bond acceptors (Lipinski definition) is 8. The molecule has 0 radical (unpaired) electrons. The van der Waals surface area contributed by atoms with Crippen molar-refractivity contribution in [3.05, 3.63) is 0 Å². The van der Waals surface area contributed by atoms with Crippen LogP contribution in [0.3, 0.4) is 0 Å². The molecule has 0 heterocycles. The Kier molecular flexibility index (Phi) is 15.1. The van der Waals surface area contributed by atoms with Gasteiger partial charge in [0.1, 0.15) is 18.1 Å². The van der Waals surface area contributed by atoms with E-state index < -0.39 is 47.9 Å². The molecule has 4 atom stereocenters. The molecule has 0 rings (SSSR count). The fourth-order valence-electron chi connectivity index (χ4n) is 2.41. The highest BCUT2D eigenvalue weighted by Gasteiger charge is 2.31. The van der Waals surface area contributed by atoms with Gasteiger partial charge in [-0.15, -0.1) is 0 Å². The molecule has 0 aliphatic heterocycles. The van der Waals surface area contributed by atoms with Crippen molar-refractivity contribution in [3.63, 3.8) is 0 Å². The molecule has 0 aromatic carbocycles. The van der Waals surface area contributed by atoms with E-state index >= 15 is 0 Å². The first kappa shape index (κ1) is 28.9. The average molecular weight is 483 g/mol. The molecular weight excluding hydrogens is 448 g/mol. The summed E-state index contributed by atoms with van der Waals surface area (Å²) in [6, 6.07) is -3.70. The zero-order chi connectivity index (χ0) is 23.3. The van der Waals surface area contributed by atoms with Crippen molar-refractivity contribution in [1.82, 2.24) is 16.0 Å². The molecule has 174 valence electrons. The lowest BCUT2D eigenvalue weighted by atomic mass is 10.0. The third-order valence-corrected chi connectivity index (χ3v) is 5.93. The van der Waals surface area contributed by atoms with Crippen molar-refractivity contribution in [2.45, 2.75) is 50.9 Å². The lowest BCUT2D eigenvalue weighted by molar-refractivity contribution is -0.142. The number of carbonyl (C=O) groups is 4. The van der Waals surface area contributed by atoms with Crippen molar-refractivity contribution >= 4 is 59.8 Å². The normalized spacial score (nSPS) is 15.0. The van der Waals surface area contributed by atoms with Crippen molar-refractivity contribution in [2.75, 3.05) is 29.8 Å². The number of carboxylic acids is 1. The van der Waals surface area contributed by atoms with Gasteiger partial charge in [-0.1, -0.05) is 13.8 Å². The molecule has 3 amide bonds. The standard InChI is InChI=1S/C18H34N4O5S3/c1-10(2)14(22-15(23)11(19)9-28)17(25)20-12(5-7-29-3)16(24)21-13(18(26)27)6-8-30-4/h10-14,28H,5-9,19H2,1-4H3,(H,20,25)(H,21,24)(H,22,23)(H,26,27). The molecule has 0 bridgehead atoms. The summed E-state index contributed by atoms with van der Waals surface area (Å²) in [5.41, 5.74) is 5.66. The summed E-state index contributed by atoms with van der Waals surface area (Å²) in [6.45, 7) is 3.52. The Morgan fingerprint density at radius 1 is 0.900 bits per heavy atom. The number of thiol groups is 1. The van der Waals surface area contributed by atoms with E-state index in [0.29, 0.717) is 17.9 Å². The molecule has 0 aliphatic carbocycles. The van der Waals surface area contributed by atoms with Gasteiger partial charge in [-0.3, -0.25) is 14.4 Å². The van der Waals surface area contributed by atoms with Gasteiger partial charge >= 0.3 is 5.97 Å². The first-order valence-electron chi connectivity index (χ1n) is 9.57. The maximum Gasteiger partial charge on any atom is 0.326 e. The Balaban J connectivity index is 5.30. The zero-order valence-electron chi connectivity index (χ0n) is 17.8. The molecule has 0 saturated carbocycles. The van der Waals surface area contributed by atoms with Gasteiger partial charge in [0.05, 0.1) is 6.04 Å². The van der Waals surface area contributed by atoms with Crippen LogP contribution in [-0.2, 0) is 19.2 Å². The molecule has 6 N–H and O–H groups in total. The summed E-state index contributed by atoms with van der Waals surface area (Å²) in [5.74, 6) is -1.68. The average Bonchev–Trinajstić information content (AvgIpc) is 2.70. The van der Waals surface area contributed by atoms with Crippen molar-refractivity contribution < 1.29 is 24.3 Å². The van der Waals surface area contributed by atoms with E-state index in [1.54, 1.807) is 13.8 Å². The zero-order valence-corrected chi connectivity index (χ0v) is 20.4. The molecule has 0 saturated heterocycles. The van der Waals surface area contributed by atoms with E-state index in [1.165, 1.54) is 23.5 Å². The summed E-state index contributed by atoms with van der Waals surface area (Å²) >= 11 is 6.96. The quantitative estimate of drug-likeness (QED) is 0.178. The lowest BCUT2D eigenvalue weighted by Crippen LogP contribution is -2.58. The third kappa shape index (κ3) is 10.8. The van der Waals surface area contributed by atoms with E-state index in [1.807, 2.05) is 12.5 Å². The van der Waals surface area contributed by atoms with Crippen molar-refractivity contribution in [2.24, 2.45) is 11.7 Å². The van der Waals surface area contributed by atoms with Crippen LogP contribution < -0.4 is 21.7 Å². The number of rotatable bonds is 15. The summed E-state index contributed by atoms with van der Waals surface area (Å²) < 4.78 is 0. The minimum absolute atomic E-state index is 0.129. The lowest BCUT2D eigenvalue weighted by Gasteiger charge is -2.26. The van der Waals surface area contributed by atoms with Crippen molar-refractivity contribution in [3.8, 4) is 0 Å². The predicted molar refractivity (Wildman–Crippen MR) is 126 cm³/mol. The fraction of sp³-hybridized carbons (Fsp3) is 0.778. The highest BCUT2D eigenvalue weighted by molar-refractivity contribution is 7.98. The number of amides is 3. The van der Waals surface area contributed by atoms with Gasteiger partial charge in [-0.05, 0) is 42.8 Å². The van der Waals surface area contributed by atoms with Crippen LogP contribution in [0.5, 0.6) is 0 Å². The summed E-state index contributed by atoms with van der Waals surface area (Å²) in [7, 11) is 0. The largest absolute Gasteiger partial charge is 0.480 e. The second-order valence-electron chi connectivity index (χ2n) is 7.04. The molecule has 0 fully saturated rings. The fourth-order valence-corrected chi connectivity index (χ4v) is 3.52. The minimum Gasteiger partial charge on any atom is -0.480 e. The second kappa shape index (κ2) is 15.7. The van der Waals surface area contributed by atoms with E-state index in [2.05, 4.69) is 28.6 Å². The Morgan fingerprint density at radius 3 is 1.83 bits per heavy atom.